The van der Waals surface area contributed by atoms with Crippen LogP contribution in [0.3, 0.4) is 0 Å². The summed E-state index contributed by atoms with van der Waals surface area (Å²) in [5.41, 5.74) is 0.719. The van der Waals surface area contributed by atoms with Gasteiger partial charge in [0.2, 0.25) is 0 Å². The summed E-state index contributed by atoms with van der Waals surface area (Å²) in [4.78, 5) is 4.89. The van der Waals surface area contributed by atoms with E-state index in [9.17, 15) is 0 Å². The molecule has 1 aliphatic heterocycles. The van der Waals surface area contributed by atoms with Crippen molar-refractivity contribution >= 4 is 16.9 Å². The molecular formula is C13H24N2S. The highest BCUT2D eigenvalue weighted by Crippen LogP contribution is 2.64. The monoisotopic (exact) mass is 240 g/mol. The topological polar surface area (TPSA) is 24.4 Å². The van der Waals surface area contributed by atoms with Crippen LogP contribution in [0.15, 0.2) is 4.99 Å². The Morgan fingerprint density at radius 3 is 2.19 bits per heavy atom. The number of nitrogens with one attached hydrogen (secondary N) is 1. The van der Waals surface area contributed by atoms with Gasteiger partial charge in [-0.15, -0.1) is 0 Å². The van der Waals surface area contributed by atoms with Crippen LogP contribution in [0.2, 0.25) is 0 Å². The van der Waals surface area contributed by atoms with Crippen molar-refractivity contribution in [2.24, 2.45) is 21.7 Å². The molecule has 1 saturated carbocycles. The molecule has 3 heteroatoms. The molecule has 0 aromatic rings. The number of nitrogens with zero attached hydrogens (tertiary/aromatic N) is 1. The maximum atomic E-state index is 4.89. The van der Waals surface area contributed by atoms with E-state index in [1.165, 1.54) is 10.9 Å². The van der Waals surface area contributed by atoms with Crippen molar-refractivity contribution in [2.75, 3.05) is 5.75 Å². The van der Waals surface area contributed by atoms with E-state index in [4.69, 9.17) is 4.99 Å². The highest BCUT2D eigenvalue weighted by Gasteiger charge is 2.65. The third-order valence-corrected chi connectivity index (χ3v) is 5.73. The van der Waals surface area contributed by atoms with Crippen LogP contribution in [0, 0.1) is 16.7 Å². The van der Waals surface area contributed by atoms with Crippen LogP contribution in [0.5, 0.6) is 0 Å². The van der Waals surface area contributed by atoms with Gasteiger partial charge in [0.15, 0.2) is 5.17 Å². The van der Waals surface area contributed by atoms with Crippen LogP contribution >= 0.6 is 11.8 Å². The summed E-state index contributed by atoms with van der Waals surface area (Å²) in [6.45, 7) is 13.8. The summed E-state index contributed by atoms with van der Waals surface area (Å²) in [7, 11) is 0. The van der Waals surface area contributed by atoms with Crippen LogP contribution in [0.25, 0.3) is 0 Å². The zero-order valence-corrected chi connectivity index (χ0v) is 12.1. The molecule has 0 aromatic carbocycles. The molecule has 0 amide bonds. The maximum Gasteiger partial charge on any atom is 0.157 e. The van der Waals surface area contributed by atoms with Crippen LogP contribution in [0.4, 0.5) is 0 Å². The molecule has 2 nitrogen and oxygen atoms in total. The molecule has 2 aliphatic rings. The number of amidine groups is 1. The molecule has 1 heterocycles. The lowest BCUT2D eigenvalue weighted by Gasteiger charge is -2.13. The summed E-state index contributed by atoms with van der Waals surface area (Å²) >= 11 is 1.89. The largest absolute Gasteiger partial charge is 0.361 e. The molecule has 1 atom stereocenters. The van der Waals surface area contributed by atoms with E-state index in [0.29, 0.717) is 28.8 Å². The average molecular weight is 240 g/mol. The summed E-state index contributed by atoms with van der Waals surface area (Å²) < 4.78 is 0. The quantitative estimate of drug-likeness (QED) is 0.802. The molecule has 1 N–H and O–H groups in total. The van der Waals surface area contributed by atoms with Gasteiger partial charge in [-0.1, -0.05) is 53.3 Å². The average Bonchev–Trinajstić information content (AvgIpc) is 2.60. The van der Waals surface area contributed by atoms with Gasteiger partial charge >= 0.3 is 0 Å². The second-order valence-corrected chi connectivity index (χ2v) is 7.59. The minimum atomic E-state index is 0.359. The van der Waals surface area contributed by atoms with Gasteiger partial charge in [-0.25, -0.2) is 0 Å². The number of thioether (sulfide) groups is 1. The first-order valence-electron chi connectivity index (χ1n) is 6.24. The van der Waals surface area contributed by atoms with Crippen molar-refractivity contribution in [2.45, 2.75) is 53.6 Å². The highest BCUT2D eigenvalue weighted by atomic mass is 32.2. The lowest BCUT2D eigenvalue weighted by Crippen LogP contribution is -2.31. The van der Waals surface area contributed by atoms with Crippen LogP contribution in [0.1, 0.15) is 41.5 Å². The summed E-state index contributed by atoms with van der Waals surface area (Å²) in [5, 5.41) is 4.72. The van der Waals surface area contributed by atoms with E-state index in [2.05, 4.69) is 46.9 Å². The number of hydrogen-bond donors (Lipinski definition) is 1. The normalized spacial score (nSPS) is 34.4. The van der Waals surface area contributed by atoms with Gasteiger partial charge in [0.25, 0.3) is 0 Å². The molecule has 2 fully saturated rings. The van der Waals surface area contributed by atoms with Gasteiger partial charge in [-0.3, -0.25) is 4.99 Å². The van der Waals surface area contributed by atoms with Crippen molar-refractivity contribution < 1.29 is 0 Å². The minimum Gasteiger partial charge on any atom is -0.361 e. The number of aliphatic imine (C=N–C) groups is 1. The lowest BCUT2D eigenvalue weighted by atomic mass is 10.0. The van der Waals surface area contributed by atoms with Gasteiger partial charge in [-0.05, 0) is 16.7 Å². The van der Waals surface area contributed by atoms with Crippen LogP contribution in [-0.2, 0) is 0 Å². The van der Waals surface area contributed by atoms with E-state index >= 15 is 0 Å². The van der Waals surface area contributed by atoms with Gasteiger partial charge in [0.1, 0.15) is 0 Å². The Bertz CT molecular complexity index is 304. The van der Waals surface area contributed by atoms with Gasteiger partial charge in [0, 0.05) is 11.8 Å². The molecule has 0 unspecified atom stereocenters. The first-order valence-corrected chi connectivity index (χ1v) is 7.22. The lowest BCUT2D eigenvalue weighted by molar-refractivity contribution is 0.457. The molecular weight excluding hydrogens is 216 g/mol. The van der Waals surface area contributed by atoms with Gasteiger partial charge < -0.3 is 5.32 Å². The van der Waals surface area contributed by atoms with Crippen LogP contribution < -0.4 is 5.32 Å². The third-order valence-electron chi connectivity index (χ3n) is 4.70. The molecule has 1 aliphatic carbocycles. The molecule has 0 bridgehead atoms. The van der Waals surface area contributed by atoms with E-state index in [-0.39, 0.29) is 0 Å². The first kappa shape index (κ1) is 12.3. The Labute approximate surface area is 104 Å². The van der Waals surface area contributed by atoms with Crippen LogP contribution in [-0.4, -0.2) is 23.0 Å². The molecule has 0 radical (unpaired) electrons. The molecule has 16 heavy (non-hydrogen) atoms. The summed E-state index contributed by atoms with van der Waals surface area (Å²) in [6, 6.07) is 1.09. The molecule has 1 saturated heterocycles. The molecule has 0 spiro atoms. The fourth-order valence-corrected chi connectivity index (χ4v) is 3.67. The number of hydrogen-bond acceptors (Lipinski definition) is 2. The first-order chi connectivity index (χ1) is 7.26. The van der Waals surface area contributed by atoms with Crippen molar-refractivity contribution in [3.05, 3.63) is 0 Å². The highest BCUT2D eigenvalue weighted by molar-refractivity contribution is 8.14. The zero-order chi connectivity index (χ0) is 12.1. The van der Waals surface area contributed by atoms with E-state index < -0.39 is 0 Å². The second-order valence-electron chi connectivity index (χ2n) is 6.59. The Balaban J connectivity index is 2.01. The predicted molar refractivity (Wildman–Crippen MR) is 73.0 cm³/mol. The number of rotatable bonds is 2. The maximum absolute atomic E-state index is 4.89. The summed E-state index contributed by atoms with van der Waals surface area (Å²) in [5.74, 6) is 1.87. The minimum absolute atomic E-state index is 0.359. The Kier molecular flexibility index (Phi) is 2.81. The van der Waals surface area contributed by atoms with Gasteiger partial charge in [-0.2, -0.15) is 0 Å². The van der Waals surface area contributed by atoms with Crippen molar-refractivity contribution in [3.8, 4) is 0 Å². The van der Waals surface area contributed by atoms with Crippen molar-refractivity contribution in [3.63, 3.8) is 0 Å². The Morgan fingerprint density at radius 2 is 1.81 bits per heavy atom. The third kappa shape index (κ3) is 1.77. The summed E-state index contributed by atoms with van der Waals surface area (Å²) in [6.07, 6.45) is 0. The molecule has 92 valence electrons. The van der Waals surface area contributed by atoms with E-state index in [1.54, 1.807) is 0 Å². The van der Waals surface area contributed by atoms with Crippen molar-refractivity contribution in [1.29, 1.82) is 0 Å². The SMILES string of the molecule is CC(C)[C@H]1CSC(=NC2C(C)(C)C2(C)C)N1. The predicted octanol–water partition coefficient (Wildman–Crippen LogP) is 3.14. The van der Waals surface area contributed by atoms with Crippen molar-refractivity contribution in [1.82, 2.24) is 5.32 Å². The van der Waals surface area contributed by atoms with E-state index in [1.807, 2.05) is 11.8 Å². The zero-order valence-electron chi connectivity index (χ0n) is 11.3. The fraction of sp³-hybridized carbons (Fsp3) is 0.923. The standard InChI is InChI=1S/C13H24N2S/c1-8(2)9-7-16-11(14-9)15-10-12(3,4)13(10,5)6/h8-10H,7H2,1-6H3,(H,14,15)/t9-/m1/s1. The Morgan fingerprint density at radius 1 is 1.25 bits per heavy atom. The fourth-order valence-electron chi connectivity index (χ4n) is 2.45. The second kappa shape index (κ2) is 3.66. The van der Waals surface area contributed by atoms with E-state index in [0.717, 1.165) is 0 Å². The smallest absolute Gasteiger partial charge is 0.157 e. The molecule has 0 aromatic heterocycles. The Hall–Kier alpha value is -0.180. The molecule has 2 rings (SSSR count). The van der Waals surface area contributed by atoms with Gasteiger partial charge in [0.05, 0.1) is 6.04 Å².